The van der Waals surface area contributed by atoms with E-state index in [1.54, 1.807) is 24.5 Å². The Bertz CT molecular complexity index is 1270. The zero-order valence-corrected chi connectivity index (χ0v) is 17.2. The van der Waals surface area contributed by atoms with Crippen molar-refractivity contribution in [1.29, 1.82) is 0 Å². The molecule has 0 fully saturated rings. The first-order valence-electron chi connectivity index (χ1n) is 9.67. The second-order valence-corrected chi connectivity index (χ2v) is 7.26. The Morgan fingerprint density at radius 1 is 1.06 bits per heavy atom. The molecule has 6 nitrogen and oxygen atoms in total. The third kappa shape index (κ3) is 4.48. The molecule has 4 heterocycles. The lowest BCUT2D eigenvalue weighted by Crippen LogP contribution is -2.11. The Labute approximate surface area is 180 Å². The summed E-state index contributed by atoms with van der Waals surface area (Å²) in [5, 5.41) is 3.81. The van der Waals surface area contributed by atoms with Crippen molar-refractivity contribution in [3.63, 3.8) is 0 Å². The van der Waals surface area contributed by atoms with Crippen molar-refractivity contribution >= 4 is 16.9 Å². The number of alkyl halides is 3. The maximum atomic E-state index is 14.6. The summed E-state index contributed by atoms with van der Waals surface area (Å²) in [6.45, 7) is 2.00. The summed E-state index contributed by atoms with van der Waals surface area (Å²) >= 11 is 0. The molecule has 0 spiro atoms. The van der Waals surface area contributed by atoms with Crippen LogP contribution in [0.5, 0.6) is 5.88 Å². The molecule has 0 bridgehead atoms. The minimum absolute atomic E-state index is 0.0630. The lowest BCUT2D eigenvalue weighted by molar-refractivity contribution is -0.141. The van der Waals surface area contributed by atoms with Gasteiger partial charge in [-0.25, -0.2) is 15.0 Å². The number of halogens is 4. The van der Waals surface area contributed by atoms with Gasteiger partial charge in [0.25, 0.3) is 0 Å². The second-order valence-electron chi connectivity index (χ2n) is 7.26. The lowest BCUT2D eigenvalue weighted by atomic mass is 10.1. The van der Waals surface area contributed by atoms with Crippen LogP contribution in [0.4, 0.5) is 23.4 Å². The van der Waals surface area contributed by atoms with Crippen LogP contribution in [0.3, 0.4) is 0 Å². The number of hydrogen-bond acceptors (Lipinski definition) is 5. The largest absolute Gasteiger partial charge is 0.481 e. The van der Waals surface area contributed by atoms with Crippen LogP contribution in [0.2, 0.25) is 0 Å². The van der Waals surface area contributed by atoms with Gasteiger partial charge in [-0.05, 0) is 42.3 Å². The van der Waals surface area contributed by atoms with Gasteiger partial charge < -0.3 is 15.0 Å². The first-order valence-corrected chi connectivity index (χ1v) is 9.67. The first-order chi connectivity index (χ1) is 15.2. The number of H-pyrrole nitrogens is 1. The number of anilines is 1. The first kappa shape index (κ1) is 21.5. The van der Waals surface area contributed by atoms with Gasteiger partial charge >= 0.3 is 6.18 Å². The van der Waals surface area contributed by atoms with Crippen LogP contribution in [0.15, 0.2) is 42.7 Å². The zero-order valence-electron chi connectivity index (χ0n) is 17.2. The molecule has 2 N–H and O–H groups in total. The molecule has 4 rings (SSSR count). The molecule has 0 saturated heterocycles. The van der Waals surface area contributed by atoms with Crippen LogP contribution in [0.25, 0.3) is 11.0 Å². The fraction of sp³-hybridized carbons (Fsp3) is 0.227. The molecule has 0 aliphatic heterocycles. The van der Waals surface area contributed by atoms with Gasteiger partial charge in [-0.3, -0.25) is 0 Å². The molecule has 0 amide bonds. The van der Waals surface area contributed by atoms with Gasteiger partial charge in [0.2, 0.25) is 11.8 Å². The Morgan fingerprint density at radius 3 is 2.56 bits per heavy atom. The number of nitrogens with zero attached hydrogens (tertiary/aromatic N) is 3. The number of ether oxygens (including phenoxy) is 1. The van der Waals surface area contributed by atoms with E-state index in [-0.39, 0.29) is 18.2 Å². The Morgan fingerprint density at radius 2 is 1.84 bits per heavy atom. The topological polar surface area (TPSA) is 75.7 Å². The smallest absolute Gasteiger partial charge is 0.433 e. The fourth-order valence-corrected chi connectivity index (χ4v) is 3.33. The minimum Gasteiger partial charge on any atom is -0.481 e. The molecule has 4 aromatic rings. The van der Waals surface area contributed by atoms with Crippen LogP contribution < -0.4 is 10.1 Å². The summed E-state index contributed by atoms with van der Waals surface area (Å²) in [5.41, 5.74) is 2.38. The Kier molecular flexibility index (Phi) is 5.68. The Hall–Kier alpha value is -3.69. The number of nitrogens with one attached hydrogen (secondary N) is 2. The van der Waals surface area contributed by atoms with Crippen LogP contribution in [-0.4, -0.2) is 27.0 Å². The van der Waals surface area contributed by atoms with E-state index < -0.39 is 17.8 Å². The molecule has 0 unspecified atom stereocenters. The van der Waals surface area contributed by atoms with E-state index in [0.717, 1.165) is 28.2 Å². The normalized spacial score (nSPS) is 11.7. The highest BCUT2D eigenvalue weighted by atomic mass is 19.4. The van der Waals surface area contributed by atoms with Gasteiger partial charge in [-0.15, -0.1) is 0 Å². The summed E-state index contributed by atoms with van der Waals surface area (Å²) in [6, 6.07) is 7.35. The molecule has 0 radical (unpaired) electrons. The fourth-order valence-electron chi connectivity index (χ4n) is 3.33. The average molecular weight is 445 g/mol. The van der Waals surface area contributed by atoms with Gasteiger partial charge in [-0.1, -0.05) is 6.07 Å². The Balaban J connectivity index is 1.48. The summed E-state index contributed by atoms with van der Waals surface area (Å²) < 4.78 is 58.1. The van der Waals surface area contributed by atoms with Crippen molar-refractivity contribution in [2.75, 3.05) is 12.4 Å². The van der Waals surface area contributed by atoms with Crippen molar-refractivity contribution in [3.8, 4) is 5.88 Å². The minimum atomic E-state index is -4.57. The molecule has 0 aliphatic carbocycles. The molecule has 166 valence electrons. The summed E-state index contributed by atoms with van der Waals surface area (Å²) in [6.07, 6.45) is -0.681. The van der Waals surface area contributed by atoms with E-state index >= 15 is 0 Å². The molecule has 0 aromatic carbocycles. The third-order valence-electron chi connectivity index (χ3n) is 4.94. The van der Waals surface area contributed by atoms with Crippen molar-refractivity contribution in [2.24, 2.45) is 0 Å². The molecular formula is C22H19F4N5O. The van der Waals surface area contributed by atoms with E-state index in [0.29, 0.717) is 17.5 Å². The molecule has 0 atom stereocenters. The van der Waals surface area contributed by atoms with Gasteiger partial charge in [0.15, 0.2) is 0 Å². The van der Waals surface area contributed by atoms with Crippen LogP contribution in [-0.2, 0) is 19.1 Å². The number of aryl methyl sites for hydroxylation is 1. The van der Waals surface area contributed by atoms with Crippen molar-refractivity contribution < 1.29 is 22.3 Å². The van der Waals surface area contributed by atoms with E-state index in [1.165, 1.54) is 13.2 Å². The number of methoxy groups -OCH3 is 1. The quantitative estimate of drug-likeness (QED) is 0.322. The molecule has 0 aliphatic rings. The highest BCUT2D eigenvalue weighted by Crippen LogP contribution is 2.30. The highest BCUT2D eigenvalue weighted by Gasteiger charge is 2.33. The maximum absolute atomic E-state index is 14.6. The van der Waals surface area contributed by atoms with E-state index in [1.807, 2.05) is 13.0 Å². The third-order valence-corrected chi connectivity index (χ3v) is 4.94. The standard InChI is InChI=1S/C22H19F4N5O/c1-12-7-16-15(11-29-20(16)28-9-12)8-13-4-6-18(31-19(13)23)27-10-14-3-5-17(22(24,25)26)30-21(14)32-2/h3-7,9,11H,8,10H2,1-2H3,(H,27,31)(H,28,29). The summed E-state index contributed by atoms with van der Waals surface area (Å²) in [7, 11) is 1.24. The van der Waals surface area contributed by atoms with Crippen molar-refractivity contribution in [2.45, 2.75) is 26.1 Å². The molecule has 0 saturated carbocycles. The van der Waals surface area contributed by atoms with E-state index in [4.69, 9.17) is 4.74 Å². The number of hydrogen-bond donors (Lipinski definition) is 2. The van der Waals surface area contributed by atoms with E-state index in [2.05, 4.69) is 25.3 Å². The lowest BCUT2D eigenvalue weighted by Gasteiger charge is -2.13. The molecular weight excluding hydrogens is 426 g/mol. The number of pyridine rings is 3. The number of aromatic amines is 1. The monoisotopic (exact) mass is 445 g/mol. The maximum Gasteiger partial charge on any atom is 0.433 e. The van der Waals surface area contributed by atoms with Gasteiger partial charge in [0.05, 0.1) is 7.11 Å². The highest BCUT2D eigenvalue weighted by molar-refractivity contribution is 5.80. The number of rotatable bonds is 6. The van der Waals surface area contributed by atoms with Crippen LogP contribution >= 0.6 is 0 Å². The SMILES string of the molecule is COc1nc(C(F)(F)F)ccc1CNc1ccc(Cc2c[nH]c3ncc(C)cc23)c(F)n1. The number of fused-ring (bicyclic) bond motifs is 1. The second kappa shape index (κ2) is 8.45. The van der Waals surface area contributed by atoms with Crippen LogP contribution in [0, 0.1) is 12.9 Å². The average Bonchev–Trinajstić information content (AvgIpc) is 3.15. The summed E-state index contributed by atoms with van der Waals surface area (Å²) in [4.78, 5) is 14.8. The number of aromatic nitrogens is 4. The van der Waals surface area contributed by atoms with Gasteiger partial charge in [-0.2, -0.15) is 17.6 Å². The van der Waals surface area contributed by atoms with Gasteiger partial charge in [0, 0.05) is 41.9 Å². The molecule has 4 aromatic heterocycles. The van der Waals surface area contributed by atoms with Crippen molar-refractivity contribution in [3.05, 3.63) is 76.6 Å². The molecule has 10 heteroatoms. The predicted molar refractivity (Wildman–Crippen MR) is 111 cm³/mol. The molecule has 32 heavy (non-hydrogen) atoms. The zero-order chi connectivity index (χ0) is 22.9. The van der Waals surface area contributed by atoms with E-state index in [9.17, 15) is 17.6 Å². The van der Waals surface area contributed by atoms with Crippen LogP contribution in [0.1, 0.15) is 27.9 Å². The summed E-state index contributed by atoms with van der Waals surface area (Å²) in [5.74, 6) is -0.556. The van der Waals surface area contributed by atoms with Gasteiger partial charge in [0.1, 0.15) is 17.2 Å². The van der Waals surface area contributed by atoms with Crippen molar-refractivity contribution in [1.82, 2.24) is 19.9 Å². The predicted octanol–water partition coefficient (Wildman–Crippen LogP) is 5.03.